The minimum Gasteiger partial charge on any atom is -0.378 e. The predicted octanol–water partition coefficient (Wildman–Crippen LogP) is 2.60. The molecule has 0 atom stereocenters. The highest BCUT2D eigenvalue weighted by Crippen LogP contribution is 2.23. The number of hydrogen-bond donors (Lipinski definition) is 3. The Morgan fingerprint density at radius 1 is 1.04 bits per heavy atom. The van der Waals surface area contributed by atoms with E-state index in [1.54, 1.807) is 11.4 Å². The zero-order valence-corrected chi connectivity index (χ0v) is 15.8. The molecule has 0 radical (unpaired) electrons. The molecular formula is C19H19N5O3S. The van der Waals surface area contributed by atoms with Crippen molar-refractivity contribution >= 4 is 44.9 Å². The molecule has 8 nitrogen and oxygen atoms in total. The van der Waals surface area contributed by atoms with E-state index in [1.807, 2.05) is 36.4 Å². The summed E-state index contributed by atoms with van der Waals surface area (Å²) in [6.07, 6.45) is 0. The number of morpholine rings is 1. The van der Waals surface area contributed by atoms with E-state index in [4.69, 9.17) is 4.74 Å². The van der Waals surface area contributed by atoms with Crippen LogP contribution in [0.5, 0.6) is 0 Å². The Labute approximate surface area is 165 Å². The molecule has 3 N–H and O–H groups in total. The van der Waals surface area contributed by atoms with E-state index in [9.17, 15) is 9.59 Å². The van der Waals surface area contributed by atoms with Crippen molar-refractivity contribution in [3.05, 3.63) is 53.5 Å². The average molecular weight is 397 g/mol. The third kappa shape index (κ3) is 4.05. The summed E-state index contributed by atoms with van der Waals surface area (Å²) in [7, 11) is 0. The number of nitrogens with zero attached hydrogens (tertiary/aromatic N) is 2. The van der Waals surface area contributed by atoms with Gasteiger partial charge in [-0.15, -0.1) is 11.3 Å². The third-order valence-corrected chi connectivity index (χ3v) is 5.24. The molecule has 0 saturated carbocycles. The standard InChI is InChI=1S/C19H19N5O3S/c25-17(16-12-28-19(21-16)24-8-10-27-11-9-24)22-23-18(26)20-15-7-3-5-13-4-1-2-6-14(13)15/h1-7,12H,8-11H2,(H,22,25)(H2,20,23,26). The molecule has 2 aromatic carbocycles. The Hall–Kier alpha value is -3.17. The van der Waals surface area contributed by atoms with Gasteiger partial charge in [0.1, 0.15) is 5.69 Å². The van der Waals surface area contributed by atoms with Crippen molar-refractivity contribution in [3.8, 4) is 0 Å². The lowest BCUT2D eigenvalue weighted by Crippen LogP contribution is -2.44. The number of fused-ring (bicyclic) bond motifs is 1. The molecule has 1 aromatic heterocycles. The largest absolute Gasteiger partial charge is 0.378 e. The molecule has 1 aliphatic heterocycles. The van der Waals surface area contributed by atoms with Crippen molar-refractivity contribution in [2.75, 3.05) is 36.5 Å². The van der Waals surface area contributed by atoms with Gasteiger partial charge in [0.25, 0.3) is 5.91 Å². The molecule has 0 bridgehead atoms. The summed E-state index contributed by atoms with van der Waals surface area (Å²) in [5.41, 5.74) is 5.67. The zero-order chi connectivity index (χ0) is 19.3. The second kappa shape index (κ2) is 8.24. The number of urea groups is 1. The minimum absolute atomic E-state index is 0.261. The molecule has 2 heterocycles. The highest BCUT2D eigenvalue weighted by molar-refractivity contribution is 7.13. The molecule has 1 fully saturated rings. The van der Waals surface area contributed by atoms with Crippen molar-refractivity contribution < 1.29 is 14.3 Å². The molecule has 3 aromatic rings. The number of hydrazine groups is 1. The van der Waals surface area contributed by atoms with Crippen molar-refractivity contribution in [3.63, 3.8) is 0 Å². The van der Waals surface area contributed by atoms with Crippen molar-refractivity contribution in [2.24, 2.45) is 0 Å². The Morgan fingerprint density at radius 3 is 2.68 bits per heavy atom. The summed E-state index contributed by atoms with van der Waals surface area (Å²) in [4.78, 5) is 30.8. The summed E-state index contributed by atoms with van der Waals surface area (Å²) < 4.78 is 5.32. The van der Waals surface area contributed by atoms with Crippen molar-refractivity contribution in [1.29, 1.82) is 0 Å². The number of nitrogens with one attached hydrogen (secondary N) is 3. The maximum absolute atomic E-state index is 12.3. The van der Waals surface area contributed by atoms with Crippen LogP contribution in [0.4, 0.5) is 15.6 Å². The van der Waals surface area contributed by atoms with E-state index in [1.165, 1.54) is 11.3 Å². The average Bonchev–Trinajstić information content (AvgIpc) is 3.23. The van der Waals surface area contributed by atoms with Crippen LogP contribution in [0.25, 0.3) is 10.8 Å². The van der Waals surface area contributed by atoms with E-state index in [-0.39, 0.29) is 5.69 Å². The summed E-state index contributed by atoms with van der Waals surface area (Å²) >= 11 is 1.39. The van der Waals surface area contributed by atoms with Crippen LogP contribution in [0.2, 0.25) is 0 Å². The fraction of sp³-hybridized carbons (Fsp3) is 0.211. The highest BCUT2D eigenvalue weighted by atomic mass is 32.1. The van der Waals surface area contributed by atoms with Crippen molar-refractivity contribution in [2.45, 2.75) is 0 Å². The van der Waals surface area contributed by atoms with Gasteiger partial charge in [-0.2, -0.15) is 0 Å². The molecule has 9 heteroatoms. The lowest BCUT2D eigenvalue weighted by Gasteiger charge is -2.25. The fourth-order valence-electron chi connectivity index (χ4n) is 2.93. The highest BCUT2D eigenvalue weighted by Gasteiger charge is 2.17. The van der Waals surface area contributed by atoms with E-state index < -0.39 is 11.9 Å². The number of carbonyl (C=O) groups excluding carboxylic acids is 2. The van der Waals surface area contributed by atoms with E-state index in [2.05, 4.69) is 26.1 Å². The van der Waals surface area contributed by atoms with Crippen molar-refractivity contribution in [1.82, 2.24) is 15.8 Å². The number of carbonyl (C=O) groups is 2. The first-order valence-corrected chi connectivity index (χ1v) is 9.72. The number of aromatic nitrogens is 1. The number of benzene rings is 2. The number of hydrogen-bond acceptors (Lipinski definition) is 6. The first-order chi connectivity index (χ1) is 13.7. The SMILES string of the molecule is O=C(NNC(=O)c1csc(N2CCOCC2)n1)Nc1cccc2ccccc12. The van der Waals surface area contributed by atoms with Gasteiger partial charge >= 0.3 is 6.03 Å². The van der Waals surface area contributed by atoms with Gasteiger partial charge in [-0.05, 0) is 11.5 Å². The predicted molar refractivity (Wildman–Crippen MR) is 109 cm³/mol. The quantitative estimate of drug-likeness (QED) is 0.591. The molecule has 3 amide bonds. The van der Waals surface area contributed by atoms with Gasteiger partial charge in [-0.3, -0.25) is 10.2 Å². The molecule has 1 saturated heterocycles. The van der Waals surface area contributed by atoms with Crippen LogP contribution in [0.15, 0.2) is 47.8 Å². The monoisotopic (exact) mass is 397 g/mol. The number of thiazole rings is 1. The lowest BCUT2D eigenvalue weighted by molar-refractivity contribution is 0.0933. The topological polar surface area (TPSA) is 95.6 Å². The van der Waals surface area contributed by atoms with Crippen LogP contribution in [-0.4, -0.2) is 43.2 Å². The van der Waals surface area contributed by atoms with Gasteiger partial charge in [0.15, 0.2) is 5.13 Å². The Balaban J connectivity index is 1.34. The van der Waals surface area contributed by atoms with Gasteiger partial charge in [0.05, 0.1) is 18.9 Å². The van der Waals surface area contributed by atoms with Crippen LogP contribution in [0.1, 0.15) is 10.5 Å². The van der Waals surface area contributed by atoms with Gasteiger partial charge < -0.3 is 15.0 Å². The second-order valence-corrected chi connectivity index (χ2v) is 7.01. The van der Waals surface area contributed by atoms with Gasteiger partial charge in [-0.1, -0.05) is 36.4 Å². The van der Waals surface area contributed by atoms with Crippen LogP contribution in [-0.2, 0) is 4.74 Å². The number of amides is 3. The van der Waals surface area contributed by atoms with E-state index in [0.29, 0.717) is 18.9 Å². The normalized spacial score (nSPS) is 13.9. The Morgan fingerprint density at radius 2 is 1.82 bits per heavy atom. The number of ether oxygens (including phenoxy) is 1. The summed E-state index contributed by atoms with van der Waals surface area (Å²) in [5, 5.41) is 7.12. The van der Waals surface area contributed by atoms with Crippen LogP contribution < -0.4 is 21.1 Å². The first-order valence-electron chi connectivity index (χ1n) is 8.84. The molecule has 4 rings (SSSR count). The summed E-state index contributed by atoms with van der Waals surface area (Å²) in [5.74, 6) is -0.469. The van der Waals surface area contributed by atoms with Crippen LogP contribution >= 0.6 is 11.3 Å². The number of anilines is 2. The van der Waals surface area contributed by atoms with E-state index >= 15 is 0 Å². The van der Waals surface area contributed by atoms with E-state index in [0.717, 1.165) is 29.0 Å². The van der Waals surface area contributed by atoms with Gasteiger partial charge in [0, 0.05) is 23.9 Å². The minimum atomic E-state index is -0.534. The Bertz CT molecular complexity index is 995. The zero-order valence-electron chi connectivity index (χ0n) is 15.0. The van der Waals surface area contributed by atoms with Crippen LogP contribution in [0.3, 0.4) is 0 Å². The third-order valence-electron chi connectivity index (χ3n) is 4.33. The van der Waals surface area contributed by atoms with Gasteiger partial charge in [0.2, 0.25) is 0 Å². The maximum atomic E-state index is 12.3. The summed E-state index contributed by atoms with van der Waals surface area (Å²) in [6, 6.07) is 12.8. The Kier molecular flexibility index (Phi) is 5.36. The molecule has 0 unspecified atom stereocenters. The summed E-state index contributed by atoms with van der Waals surface area (Å²) in [6.45, 7) is 2.80. The molecule has 28 heavy (non-hydrogen) atoms. The maximum Gasteiger partial charge on any atom is 0.337 e. The molecule has 0 aliphatic carbocycles. The molecule has 0 spiro atoms. The molecule has 1 aliphatic rings. The first kappa shape index (κ1) is 18.2. The second-order valence-electron chi connectivity index (χ2n) is 6.17. The lowest BCUT2D eigenvalue weighted by atomic mass is 10.1. The number of rotatable bonds is 3. The van der Waals surface area contributed by atoms with Crippen LogP contribution in [0, 0.1) is 0 Å². The smallest absolute Gasteiger partial charge is 0.337 e. The fourth-order valence-corrected chi connectivity index (χ4v) is 3.79. The molecule has 144 valence electrons. The molecular weight excluding hydrogens is 378 g/mol. The van der Waals surface area contributed by atoms with Gasteiger partial charge in [-0.25, -0.2) is 15.2 Å².